The van der Waals surface area contributed by atoms with Crippen LogP contribution in [0.25, 0.3) is 0 Å². The van der Waals surface area contributed by atoms with E-state index in [1.54, 1.807) is 0 Å². The average molecular weight is 182 g/mol. The van der Waals surface area contributed by atoms with Gasteiger partial charge in [0, 0.05) is 12.1 Å². The highest BCUT2D eigenvalue weighted by Gasteiger charge is 2.41. The number of rotatable bonds is 2. The molecule has 2 N–H and O–H groups in total. The summed E-state index contributed by atoms with van der Waals surface area (Å²) in [6.45, 7) is 5.82. The van der Waals surface area contributed by atoms with Gasteiger partial charge in [0.2, 0.25) is 0 Å². The molecule has 13 heavy (non-hydrogen) atoms. The van der Waals surface area contributed by atoms with Crippen LogP contribution in [0.15, 0.2) is 0 Å². The second kappa shape index (κ2) is 3.58. The Morgan fingerprint density at radius 3 is 2.31 bits per heavy atom. The van der Waals surface area contributed by atoms with Crippen molar-refractivity contribution < 1.29 is 0 Å². The molecule has 0 unspecified atom stereocenters. The minimum Gasteiger partial charge on any atom is -0.329 e. The predicted octanol–water partition coefficient (Wildman–Crippen LogP) is 1.60. The summed E-state index contributed by atoms with van der Waals surface area (Å²) in [6, 6.07) is 0. The van der Waals surface area contributed by atoms with Crippen LogP contribution in [0, 0.1) is 5.92 Å². The van der Waals surface area contributed by atoms with Crippen LogP contribution in [0.5, 0.6) is 0 Å². The molecule has 2 rings (SSSR count). The highest BCUT2D eigenvalue weighted by atomic mass is 15.2. The van der Waals surface area contributed by atoms with Crippen molar-refractivity contribution in [2.45, 2.75) is 44.6 Å². The Morgan fingerprint density at radius 1 is 1.31 bits per heavy atom. The molecule has 0 aromatic rings. The topological polar surface area (TPSA) is 29.3 Å². The summed E-state index contributed by atoms with van der Waals surface area (Å²) in [4.78, 5) is 2.66. The molecule has 0 bridgehead atoms. The van der Waals surface area contributed by atoms with E-state index in [-0.39, 0.29) is 0 Å². The molecule has 2 heteroatoms. The number of piperidine rings is 1. The molecule has 2 nitrogen and oxygen atoms in total. The van der Waals surface area contributed by atoms with Crippen molar-refractivity contribution in [2.24, 2.45) is 11.7 Å². The van der Waals surface area contributed by atoms with Gasteiger partial charge in [0.05, 0.1) is 0 Å². The first-order valence-corrected chi connectivity index (χ1v) is 5.72. The molecule has 1 saturated heterocycles. The number of likely N-dealkylation sites (tertiary alicyclic amines) is 1. The SMILES string of the molecule is CC1CCN(C2(CN)CCC2)CC1. The van der Waals surface area contributed by atoms with Crippen LogP contribution in [0.2, 0.25) is 0 Å². The molecule has 1 aliphatic heterocycles. The van der Waals surface area contributed by atoms with Crippen LogP contribution in [0.1, 0.15) is 39.0 Å². The van der Waals surface area contributed by atoms with E-state index in [0.717, 1.165) is 12.5 Å². The first-order valence-electron chi connectivity index (χ1n) is 5.72. The Kier molecular flexibility index (Phi) is 2.61. The molecule has 0 amide bonds. The average Bonchev–Trinajstić information content (AvgIpc) is 2.07. The van der Waals surface area contributed by atoms with Crippen molar-refractivity contribution in [3.63, 3.8) is 0 Å². The third kappa shape index (κ3) is 1.62. The fourth-order valence-corrected chi connectivity index (χ4v) is 2.72. The second-order valence-electron chi connectivity index (χ2n) is 4.95. The van der Waals surface area contributed by atoms with Crippen molar-refractivity contribution in [3.8, 4) is 0 Å². The smallest absolute Gasteiger partial charge is 0.0331 e. The second-order valence-corrected chi connectivity index (χ2v) is 4.95. The summed E-state index contributed by atoms with van der Waals surface area (Å²) in [6.07, 6.45) is 6.84. The quantitative estimate of drug-likeness (QED) is 0.703. The van der Waals surface area contributed by atoms with Crippen LogP contribution in [-0.4, -0.2) is 30.1 Å². The molecule has 76 valence electrons. The summed E-state index contributed by atoms with van der Waals surface area (Å²) in [5, 5.41) is 0. The lowest BCUT2D eigenvalue weighted by Crippen LogP contribution is -2.60. The summed E-state index contributed by atoms with van der Waals surface area (Å²) in [5.74, 6) is 0.936. The summed E-state index contributed by atoms with van der Waals surface area (Å²) < 4.78 is 0. The molecule has 1 heterocycles. The fraction of sp³-hybridized carbons (Fsp3) is 1.00. The third-order valence-corrected chi connectivity index (χ3v) is 4.12. The van der Waals surface area contributed by atoms with Gasteiger partial charge in [0.25, 0.3) is 0 Å². The van der Waals surface area contributed by atoms with Crippen LogP contribution in [0.4, 0.5) is 0 Å². The van der Waals surface area contributed by atoms with Gasteiger partial charge in [0.1, 0.15) is 0 Å². The van der Waals surface area contributed by atoms with Gasteiger partial charge in [-0.15, -0.1) is 0 Å². The minimum absolute atomic E-state index is 0.431. The molecule has 0 aromatic carbocycles. The van der Waals surface area contributed by atoms with Gasteiger partial charge in [-0.05, 0) is 51.1 Å². The number of nitrogens with zero attached hydrogens (tertiary/aromatic N) is 1. The maximum absolute atomic E-state index is 5.89. The summed E-state index contributed by atoms with van der Waals surface area (Å²) in [5.41, 5.74) is 6.32. The molecule has 0 aromatic heterocycles. The van der Waals surface area contributed by atoms with E-state index in [4.69, 9.17) is 5.73 Å². The molecular formula is C11H22N2. The van der Waals surface area contributed by atoms with E-state index in [0.29, 0.717) is 5.54 Å². The highest BCUT2D eigenvalue weighted by molar-refractivity contribution is 4.99. The van der Waals surface area contributed by atoms with E-state index in [1.807, 2.05) is 0 Å². The van der Waals surface area contributed by atoms with Crippen molar-refractivity contribution in [1.29, 1.82) is 0 Å². The van der Waals surface area contributed by atoms with Crippen LogP contribution in [-0.2, 0) is 0 Å². The van der Waals surface area contributed by atoms with E-state index in [2.05, 4.69) is 11.8 Å². The molecule has 0 spiro atoms. The van der Waals surface area contributed by atoms with E-state index < -0.39 is 0 Å². The molecule has 2 aliphatic rings. The lowest BCUT2D eigenvalue weighted by Gasteiger charge is -2.52. The van der Waals surface area contributed by atoms with Gasteiger partial charge in [-0.1, -0.05) is 6.92 Å². The van der Waals surface area contributed by atoms with Gasteiger partial charge < -0.3 is 5.73 Å². The fourth-order valence-electron chi connectivity index (χ4n) is 2.72. The van der Waals surface area contributed by atoms with E-state index >= 15 is 0 Å². The zero-order valence-corrected chi connectivity index (χ0v) is 8.76. The van der Waals surface area contributed by atoms with Crippen LogP contribution in [0.3, 0.4) is 0 Å². The monoisotopic (exact) mass is 182 g/mol. The Balaban J connectivity index is 1.92. The summed E-state index contributed by atoms with van der Waals surface area (Å²) in [7, 11) is 0. The van der Waals surface area contributed by atoms with Gasteiger partial charge >= 0.3 is 0 Å². The molecule has 1 saturated carbocycles. The normalized spacial score (nSPS) is 30.0. The number of nitrogens with two attached hydrogens (primary N) is 1. The van der Waals surface area contributed by atoms with Gasteiger partial charge in [0.15, 0.2) is 0 Å². The molecule has 1 aliphatic carbocycles. The summed E-state index contributed by atoms with van der Waals surface area (Å²) >= 11 is 0. The maximum atomic E-state index is 5.89. The first kappa shape index (κ1) is 9.47. The molecular weight excluding hydrogens is 160 g/mol. The lowest BCUT2D eigenvalue weighted by atomic mass is 9.74. The van der Waals surface area contributed by atoms with Crippen molar-refractivity contribution in [3.05, 3.63) is 0 Å². The zero-order valence-electron chi connectivity index (χ0n) is 8.76. The first-order chi connectivity index (χ1) is 6.27. The Bertz CT molecular complexity index is 161. The molecule has 0 atom stereocenters. The van der Waals surface area contributed by atoms with Crippen LogP contribution < -0.4 is 5.73 Å². The molecule has 2 fully saturated rings. The van der Waals surface area contributed by atoms with Crippen molar-refractivity contribution in [2.75, 3.05) is 19.6 Å². The standard InChI is InChI=1S/C11H22N2/c1-10-3-7-13(8-4-10)11(9-12)5-2-6-11/h10H,2-9,12H2,1H3. The largest absolute Gasteiger partial charge is 0.329 e. The maximum Gasteiger partial charge on any atom is 0.0331 e. The van der Waals surface area contributed by atoms with Gasteiger partial charge in [-0.25, -0.2) is 0 Å². The number of hydrogen-bond donors (Lipinski definition) is 1. The number of hydrogen-bond acceptors (Lipinski definition) is 2. The van der Waals surface area contributed by atoms with Crippen molar-refractivity contribution in [1.82, 2.24) is 4.90 Å². The van der Waals surface area contributed by atoms with Gasteiger partial charge in [-0.3, -0.25) is 4.90 Å². The predicted molar refractivity (Wildman–Crippen MR) is 55.6 cm³/mol. The van der Waals surface area contributed by atoms with Crippen LogP contribution >= 0.6 is 0 Å². The third-order valence-electron chi connectivity index (χ3n) is 4.12. The van der Waals surface area contributed by atoms with E-state index in [1.165, 1.54) is 45.2 Å². The Morgan fingerprint density at radius 2 is 1.92 bits per heavy atom. The minimum atomic E-state index is 0.431. The highest BCUT2D eigenvalue weighted by Crippen LogP contribution is 2.38. The van der Waals surface area contributed by atoms with Gasteiger partial charge in [-0.2, -0.15) is 0 Å². The van der Waals surface area contributed by atoms with E-state index in [9.17, 15) is 0 Å². The lowest BCUT2D eigenvalue weighted by molar-refractivity contribution is 0.0000161. The van der Waals surface area contributed by atoms with Crippen molar-refractivity contribution >= 4 is 0 Å². The zero-order chi connectivity index (χ0) is 9.31. The molecule has 0 radical (unpaired) electrons. The Hall–Kier alpha value is -0.0800. The Labute approximate surface area is 81.5 Å².